The first kappa shape index (κ1) is 12.0. The molecule has 2 aliphatic rings. The summed E-state index contributed by atoms with van der Waals surface area (Å²) in [5.74, 6) is -0.404. The van der Waals surface area contributed by atoms with Crippen molar-refractivity contribution in [3.63, 3.8) is 0 Å². The van der Waals surface area contributed by atoms with Gasteiger partial charge in [0.25, 0.3) is 0 Å². The third-order valence-corrected chi connectivity index (χ3v) is 4.16. The number of aryl methyl sites for hydroxylation is 1. The maximum Gasteiger partial charge on any atom is 0.320 e. The fourth-order valence-corrected chi connectivity index (χ4v) is 3.01. The maximum absolute atomic E-state index is 11.3. The number of halogens is 1. The quantitative estimate of drug-likeness (QED) is 0.880. The van der Waals surface area contributed by atoms with Crippen LogP contribution in [-0.4, -0.2) is 17.1 Å². The molecule has 0 radical (unpaired) electrons. The molecule has 0 saturated heterocycles. The summed E-state index contributed by atoms with van der Waals surface area (Å²) in [7, 11) is 0. The summed E-state index contributed by atoms with van der Waals surface area (Å²) < 4.78 is 0. The molecule has 0 heterocycles. The van der Waals surface area contributed by atoms with Crippen LogP contribution in [0.15, 0.2) is 18.2 Å². The predicted octanol–water partition coefficient (Wildman–Crippen LogP) is 2.78. The van der Waals surface area contributed by atoms with E-state index in [2.05, 4.69) is 5.32 Å². The molecule has 2 unspecified atom stereocenters. The molecule has 2 atom stereocenters. The van der Waals surface area contributed by atoms with Crippen LogP contribution in [0.5, 0.6) is 0 Å². The summed E-state index contributed by atoms with van der Waals surface area (Å²) in [6, 6.07) is 5.67. The number of carboxylic acids is 1. The van der Waals surface area contributed by atoms with Crippen LogP contribution < -0.4 is 5.32 Å². The third-order valence-electron chi connectivity index (χ3n) is 3.92. The Hall–Kier alpha value is -1.06. The van der Waals surface area contributed by atoms with Gasteiger partial charge in [0, 0.05) is 11.1 Å². The molecule has 0 bridgehead atoms. The molecule has 0 aliphatic heterocycles. The van der Waals surface area contributed by atoms with Crippen LogP contribution in [0.1, 0.15) is 36.4 Å². The van der Waals surface area contributed by atoms with Crippen LogP contribution in [0, 0.1) is 5.92 Å². The summed E-state index contributed by atoms with van der Waals surface area (Å²) in [4.78, 5) is 11.3. The lowest BCUT2D eigenvalue weighted by Crippen LogP contribution is -2.40. The topological polar surface area (TPSA) is 49.3 Å². The molecule has 1 saturated carbocycles. The number of carboxylic acid groups (broad SMARTS) is 1. The Morgan fingerprint density at radius 1 is 1.39 bits per heavy atom. The standard InChI is InChI=1S/C14H16ClNO2/c15-10-4-5-11-9(7-10)3-6-12(11)16-13(14(17)18)8-1-2-8/h4-5,7-8,12-13,16H,1-3,6H2,(H,17,18). The van der Waals surface area contributed by atoms with E-state index in [9.17, 15) is 9.90 Å². The van der Waals surface area contributed by atoms with Crippen molar-refractivity contribution in [2.24, 2.45) is 5.92 Å². The molecular formula is C14H16ClNO2. The Kier molecular flexibility index (Phi) is 3.04. The molecule has 1 aromatic carbocycles. The van der Waals surface area contributed by atoms with E-state index in [-0.39, 0.29) is 6.04 Å². The molecule has 0 spiro atoms. The van der Waals surface area contributed by atoms with Gasteiger partial charge in [-0.25, -0.2) is 0 Å². The van der Waals surface area contributed by atoms with Gasteiger partial charge in [-0.2, -0.15) is 0 Å². The van der Waals surface area contributed by atoms with Gasteiger partial charge < -0.3 is 5.11 Å². The van der Waals surface area contributed by atoms with Crippen molar-refractivity contribution in [2.45, 2.75) is 37.8 Å². The first-order chi connectivity index (χ1) is 8.65. The van der Waals surface area contributed by atoms with E-state index in [0.29, 0.717) is 5.92 Å². The number of fused-ring (bicyclic) bond motifs is 1. The Labute approximate surface area is 111 Å². The number of hydrogen-bond acceptors (Lipinski definition) is 2. The van der Waals surface area contributed by atoms with Gasteiger partial charge in [-0.05, 0) is 54.9 Å². The first-order valence-electron chi connectivity index (χ1n) is 6.42. The minimum atomic E-state index is -0.722. The highest BCUT2D eigenvalue weighted by Crippen LogP contribution is 2.37. The zero-order valence-corrected chi connectivity index (χ0v) is 10.8. The van der Waals surface area contributed by atoms with Crippen LogP contribution in [0.3, 0.4) is 0 Å². The van der Waals surface area contributed by atoms with Gasteiger partial charge in [0.15, 0.2) is 0 Å². The largest absolute Gasteiger partial charge is 0.480 e. The highest BCUT2D eigenvalue weighted by atomic mass is 35.5. The second-order valence-corrected chi connectivity index (χ2v) is 5.69. The van der Waals surface area contributed by atoms with Gasteiger partial charge >= 0.3 is 5.97 Å². The highest BCUT2D eigenvalue weighted by molar-refractivity contribution is 6.30. The normalized spacial score (nSPS) is 23.7. The van der Waals surface area contributed by atoms with E-state index < -0.39 is 12.0 Å². The van der Waals surface area contributed by atoms with E-state index in [1.807, 2.05) is 18.2 Å². The second kappa shape index (κ2) is 4.56. The predicted molar refractivity (Wildman–Crippen MR) is 69.8 cm³/mol. The lowest BCUT2D eigenvalue weighted by atomic mass is 10.1. The van der Waals surface area contributed by atoms with Crippen molar-refractivity contribution in [3.8, 4) is 0 Å². The van der Waals surface area contributed by atoms with Crippen LogP contribution in [0.2, 0.25) is 5.02 Å². The SMILES string of the molecule is O=C(O)C(NC1CCc2cc(Cl)ccc21)C1CC1. The molecule has 0 aromatic heterocycles. The Morgan fingerprint density at radius 2 is 2.17 bits per heavy atom. The molecule has 1 aromatic rings. The van der Waals surface area contributed by atoms with Crippen molar-refractivity contribution < 1.29 is 9.90 Å². The molecular weight excluding hydrogens is 250 g/mol. The number of carbonyl (C=O) groups is 1. The van der Waals surface area contributed by atoms with Gasteiger partial charge in [-0.1, -0.05) is 17.7 Å². The van der Waals surface area contributed by atoms with Gasteiger partial charge in [-0.15, -0.1) is 0 Å². The number of hydrogen-bond donors (Lipinski definition) is 2. The van der Waals surface area contributed by atoms with E-state index >= 15 is 0 Å². The van der Waals surface area contributed by atoms with Gasteiger partial charge in [0.2, 0.25) is 0 Å². The summed E-state index contributed by atoms with van der Waals surface area (Å²) in [5.41, 5.74) is 2.46. The second-order valence-electron chi connectivity index (χ2n) is 5.25. The summed E-state index contributed by atoms with van der Waals surface area (Å²) in [6.45, 7) is 0. The molecule has 0 amide bonds. The average Bonchev–Trinajstić information content (AvgIpc) is 3.08. The maximum atomic E-state index is 11.3. The van der Waals surface area contributed by atoms with Crippen molar-refractivity contribution in [2.75, 3.05) is 0 Å². The lowest BCUT2D eigenvalue weighted by molar-refractivity contribution is -0.140. The van der Waals surface area contributed by atoms with Crippen molar-refractivity contribution in [1.29, 1.82) is 0 Å². The fourth-order valence-electron chi connectivity index (χ4n) is 2.81. The van der Waals surface area contributed by atoms with E-state index in [1.54, 1.807) is 0 Å². The van der Waals surface area contributed by atoms with Gasteiger partial charge in [-0.3, -0.25) is 10.1 Å². The summed E-state index contributed by atoms with van der Waals surface area (Å²) in [6.07, 6.45) is 4.01. The summed E-state index contributed by atoms with van der Waals surface area (Å²) >= 11 is 5.97. The third kappa shape index (κ3) is 2.25. The Balaban J connectivity index is 1.77. The summed E-state index contributed by atoms with van der Waals surface area (Å²) in [5, 5.41) is 13.3. The molecule has 1 fully saturated rings. The van der Waals surface area contributed by atoms with Crippen molar-refractivity contribution in [1.82, 2.24) is 5.32 Å². The zero-order valence-electron chi connectivity index (χ0n) is 10.0. The minimum absolute atomic E-state index is 0.166. The van der Waals surface area contributed by atoms with E-state index in [0.717, 1.165) is 30.7 Å². The molecule has 3 rings (SSSR count). The Bertz CT molecular complexity index is 485. The fraction of sp³-hybridized carbons (Fsp3) is 0.500. The number of nitrogens with one attached hydrogen (secondary N) is 1. The van der Waals surface area contributed by atoms with Crippen LogP contribution in [0.4, 0.5) is 0 Å². The van der Waals surface area contributed by atoms with Crippen LogP contribution in [-0.2, 0) is 11.2 Å². The monoisotopic (exact) mass is 265 g/mol. The average molecular weight is 266 g/mol. The molecule has 18 heavy (non-hydrogen) atoms. The smallest absolute Gasteiger partial charge is 0.320 e. The highest BCUT2D eigenvalue weighted by Gasteiger charge is 2.38. The van der Waals surface area contributed by atoms with Crippen molar-refractivity contribution >= 4 is 17.6 Å². The van der Waals surface area contributed by atoms with Gasteiger partial charge in [0.1, 0.15) is 6.04 Å². The molecule has 3 nitrogen and oxygen atoms in total. The molecule has 2 N–H and O–H groups in total. The lowest BCUT2D eigenvalue weighted by Gasteiger charge is -2.20. The molecule has 4 heteroatoms. The number of aliphatic carboxylic acids is 1. The minimum Gasteiger partial charge on any atom is -0.480 e. The number of benzene rings is 1. The zero-order chi connectivity index (χ0) is 12.7. The van der Waals surface area contributed by atoms with Crippen molar-refractivity contribution in [3.05, 3.63) is 34.3 Å². The van der Waals surface area contributed by atoms with Gasteiger partial charge in [0.05, 0.1) is 0 Å². The van der Waals surface area contributed by atoms with Crippen LogP contribution >= 0.6 is 11.6 Å². The van der Waals surface area contributed by atoms with E-state index in [4.69, 9.17) is 11.6 Å². The Morgan fingerprint density at radius 3 is 2.83 bits per heavy atom. The van der Waals surface area contributed by atoms with Crippen LogP contribution in [0.25, 0.3) is 0 Å². The first-order valence-corrected chi connectivity index (χ1v) is 6.80. The molecule has 2 aliphatic carbocycles. The number of rotatable bonds is 4. The van der Waals surface area contributed by atoms with E-state index in [1.165, 1.54) is 11.1 Å². The molecule has 96 valence electrons.